The van der Waals surface area contributed by atoms with Crippen LogP contribution >= 0.6 is 23.7 Å². The first kappa shape index (κ1) is 17.9. The summed E-state index contributed by atoms with van der Waals surface area (Å²) >= 11 is 2.63. The Morgan fingerprint density at radius 2 is 2.10 bits per heavy atom. The summed E-state index contributed by atoms with van der Waals surface area (Å²) in [5.41, 5.74) is 0. The molecule has 21 heavy (non-hydrogen) atoms. The lowest BCUT2D eigenvalue weighted by atomic mass is 10.4. The Kier molecular flexibility index (Phi) is 7.69. The van der Waals surface area contributed by atoms with Gasteiger partial charge in [0.15, 0.2) is 0 Å². The van der Waals surface area contributed by atoms with E-state index >= 15 is 0 Å². The molecule has 0 N–H and O–H groups in total. The molecule has 0 aromatic carbocycles. The summed E-state index contributed by atoms with van der Waals surface area (Å²) < 4.78 is 7.57. The molecule has 0 bridgehead atoms. The fourth-order valence-corrected chi connectivity index (χ4v) is 2.81. The molecule has 6 nitrogen and oxygen atoms in total. The van der Waals surface area contributed by atoms with Crippen molar-refractivity contribution in [1.82, 2.24) is 9.21 Å². The average Bonchev–Trinajstić information content (AvgIpc) is 2.85. The maximum atomic E-state index is 10.8. The maximum absolute atomic E-state index is 10.8. The third-order valence-corrected chi connectivity index (χ3v) is 4.30. The second-order valence-corrected chi connectivity index (χ2v) is 6.38. The lowest BCUT2D eigenvalue weighted by Gasteiger charge is -2.15. The van der Waals surface area contributed by atoms with E-state index in [0.717, 1.165) is 29.8 Å². The molecule has 0 atom stereocenters. The van der Waals surface area contributed by atoms with E-state index in [1.807, 2.05) is 42.4 Å². The summed E-state index contributed by atoms with van der Waals surface area (Å²) in [7, 11) is 3.98. The number of furan rings is 1. The van der Waals surface area contributed by atoms with Crippen LogP contribution < -0.4 is 0 Å². The van der Waals surface area contributed by atoms with Crippen molar-refractivity contribution in [2.45, 2.75) is 19.2 Å². The van der Waals surface area contributed by atoms with Crippen molar-refractivity contribution >= 4 is 23.7 Å². The van der Waals surface area contributed by atoms with Crippen molar-refractivity contribution < 1.29 is 9.34 Å². The number of nitrogens with zero attached hydrogens (tertiary/aromatic N) is 3. The molecule has 0 saturated carbocycles. The molecule has 0 aliphatic rings. The van der Waals surface area contributed by atoms with Crippen LogP contribution in [-0.4, -0.2) is 41.0 Å². The van der Waals surface area contributed by atoms with Crippen LogP contribution in [0.2, 0.25) is 0 Å². The fourth-order valence-electron chi connectivity index (χ4n) is 1.56. The van der Waals surface area contributed by atoms with Gasteiger partial charge in [-0.25, -0.2) is 0 Å². The van der Waals surface area contributed by atoms with Crippen LogP contribution in [0.1, 0.15) is 18.4 Å². The number of nitro groups is 1. The summed E-state index contributed by atoms with van der Waals surface area (Å²) in [5, 5.41) is 11.0. The molecule has 0 fully saturated rings. The molecular weight excluding hydrogens is 310 g/mol. The van der Waals surface area contributed by atoms with E-state index in [1.54, 1.807) is 12.5 Å². The highest BCUT2D eigenvalue weighted by molar-refractivity contribution is 8.02. The summed E-state index contributed by atoms with van der Waals surface area (Å²) in [6.45, 7) is 3.41. The quantitative estimate of drug-likeness (QED) is 0.391. The fraction of sp³-hybridized carbons (Fsp3) is 0.538. The molecule has 0 radical (unpaired) electrons. The van der Waals surface area contributed by atoms with Crippen LogP contribution in [0.3, 0.4) is 0 Å². The molecule has 0 aliphatic carbocycles. The summed E-state index contributed by atoms with van der Waals surface area (Å²) in [6, 6.07) is 3.92. The second kappa shape index (κ2) is 9.01. The Bertz CT molecular complexity index is 489. The van der Waals surface area contributed by atoms with Gasteiger partial charge in [-0.15, -0.1) is 0 Å². The van der Waals surface area contributed by atoms with Crippen molar-refractivity contribution in [3.05, 3.63) is 45.0 Å². The zero-order valence-corrected chi connectivity index (χ0v) is 14.4. The van der Waals surface area contributed by atoms with Gasteiger partial charge in [0.05, 0.1) is 23.4 Å². The number of rotatable bonds is 9. The van der Waals surface area contributed by atoms with E-state index in [-0.39, 0.29) is 9.95 Å². The van der Waals surface area contributed by atoms with E-state index in [2.05, 4.69) is 0 Å². The largest absolute Gasteiger partial charge is 0.464 e. The number of hydrogen-bond donors (Lipinski definition) is 0. The molecule has 8 heteroatoms. The highest BCUT2D eigenvalue weighted by Crippen LogP contribution is 2.22. The van der Waals surface area contributed by atoms with Crippen LogP contribution in [-0.2, 0) is 12.3 Å². The Labute approximate surface area is 133 Å². The van der Waals surface area contributed by atoms with Crippen LogP contribution in [0.25, 0.3) is 0 Å². The first-order chi connectivity index (χ1) is 9.96. The molecule has 0 saturated heterocycles. The third kappa shape index (κ3) is 6.45. The van der Waals surface area contributed by atoms with E-state index < -0.39 is 0 Å². The van der Waals surface area contributed by atoms with Crippen LogP contribution in [0.5, 0.6) is 0 Å². The highest BCUT2D eigenvalue weighted by atomic mass is 32.2. The predicted molar refractivity (Wildman–Crippen MR) is 88.4 cm³/mol. The van der Waals surface area contributed by atoms with E-state index in [4.69, 9.17) is 4.42 Å². The Balaban J connectivity index is 2.59. The summed E-state index contributed by atoms with van der Waals surface area (Å²) in [4.78, 5) is 12.5. The van der Waals surface area contributed by atoms with Gasteiger partial charge >= 0.3 is 5.03 Å². The van der Waals surface area contributed by atoms with E-state index in [1.165, 1.54) is 11.9 Å². The van der Waals surface area contributed by atoms with Crippen molar-refractivity contribution in [3.63, 3.8) is 0 Å². The minimum Gasteiger partial charge on any atom is -0.464 e. The lowest BCUT2D eigenvalue weighted by Crippen LogP contribution is -2.10. The topological polar surface area (TPSA) is 62.8 Å². The smallest absolute Gasteiger partial charge is 0.319 e. The van der Waals surface area contributed by atoms with E-state index in [9.17, 15) is 10.1 Å². The zero-order chi connectivity index (χ0) is 15.8. The standard InChI is InChI=1S/C13H21N3O3S2/c1-5-15(9-13(20-4)16(17)18)21-10-12-7-6-11(19-12)8-14(2)3/h6-7,9H,5,8,10H2,1-4H3. The number of thioether (sulfide) groups is 1. The normalized spacial score (nSPS) is 12.0. The Morgan fingerprint density at radius 1 is 1.43 bits per heavy atom. The van der Waals surface area contributed by atoms with Gasteiger partial charge in [0.1, 0.15) is 11.5 Å². The SMILES string of the molecule is CCN(C=C(SC)[N+](=O)[O-])SCc1ccc(CN(C)C)o1. The second-order valence-electron chi connectivity index (χ2n) is 4.54. The van der Waals surface area contributed by atoms with Gasteiger partial charge in [-0.3, -0.25) is 10.1 Å². The molecule has 1 aromatic heterocycles. The minimum absolute atomic E-state index is 0.136. The zero-order valence-electron chi connectivity index (χ0n) is 12.7. The highest BCUT2D eigenvalue weighted by Gasteiger charge is 2.12. The Morgan fingerprint density at radius 3 is 2.62 bits per heavy atom. The summed E-state index contributed by atoms with van der Waals surface area (Å²) in [5.74, 6) is 2.44. The van der Waals surface area contributed by atoms with Crippen LogP contribution in [0, 0.1) is 10.1 Å². The summed E-state index contributed by atoms with van der Waals surface area (Å²) in [6.07, 6.45) is 3.27. The molecule has 0 spiro atoms. The van der Waals surface area contributed by atoms with E-state index in [0.29, 0.717) is 12.3 Å². The third-order valence-electron chi connectivity index (χ3n) is 2.52. The first-order valence-corrected chi connectivity index (χ1v) is 8.65. The van der Waals surface area contributed by atoms with Crippen molar-refractivity contribution in [2.75, 3.05) is 26.9 Å². The van der Waals surface area contributed by atoms with Gasteiger partial charge in [-0.1, -0.05) is 11.8 Å². The molecule has 0 aliphatic heterocycles. The number of hydrogen-bond acceptors (Lipinski definition) is 7. The molecule has 1 aromatic rings. The van der Waals surface area contributed by atoms with Crippen LogP contribution in [0.15, 0.2) is 27.8 Å². The van der Waals surface area contributed by atoms with Gasteiger partial charge in [0.2, 0.25) is 0 Å². The predicted octanol–water partition coefficient (Wildman–Crippen LogP) is 3.25. The van der Waals surface area contributed by atoms with Gasteiger partial charge < -0.3 is 13.6 Å². The molecule has 118 valence electrons. The molecular formula is C13H21N3O3S2. The van der Waals surface area contributed by atoms with Crippen molar-refractivity contribution in [1.29, 1.82) is 0 Å². The van der Waals surface area contributed by atoms with Crippen molar-refractivity contribution in [2.24, 2.45) is 0 Å². The van der Waals surface area contributed by atoms with Gasteiger partial charge in [0, 0.05) is 6.54 Å². The molecule has 1 rings (SSSR count). The molecule has 0 amide bonds. The monoisotopic (exact) mass is 331 g/mol. The van der Waals surface area contributed by atoms with Gasteiger partial charge in [-0.2, -0.15) is 0 Å². The maximum Gasteiger partial charge on any atom is 0.319 e. The van der Waals surface area contributed by atoms with Crippen LogP contribution in [0.4, 0.5) is 0 Å². The Hall–Kier alpha value is -1.12. The average molecular weight is 331 g/mol. The first-order valence-electron chi connectivity index (χ1n) is 6.48. The minimum atomic E-state index is -0.365. The lowest BCUT2D eigenvalue weighted by molar-refractivity contribution is -0.411. The van der Waals surface area contributed by atoms with Crippen molar-refractivity contribution in [3.8, 4) is 0 Å². The molecule has 0 unspecified atom stereocenters. The van der Waals surface area contributed by atoms with Gasteiger partial charge in [-0.05, 0) is 51.4 Å². The van der Waals surface area contributed by atoms with Gasteiger partial charge in [0.25, 0.3) is 0 Å². The molecule has 1 heterocycles.